The summed E-state index contributed by atoms with van der Waals surface area (Å²) in [5.74, 6) is -1.87. The molecule has 2 aromatic rings. The van der Waals surface area contributed by atoms with Gasteiger partial charge in [0.05, 0.1) is 56.0 Å². The molecule has 0 aromatic heterocycles. The summed E-state index contributed by atoms with van der Waals surface area (Å²) < 4.78 is 36.9. The zero-order valence-electron chi connectivity index (χ0n) is 89.4. The summed E-state index contributed by atoms with van der Waals surface area (Å²) in [5, 5.41) is 79.4. The molecule has 13 fully saturated rings. The molecule has 31 heteroatoms. The second kappa shape index (κ2) is 61.4. The van der Waals surface area contributed by atoms with Crippen LogP contribution in [0.25, 0.3) is 0 Å². The third kappa shape index (κ3) is 42.0. The maximum atomic E-state index is 12.7. The van der Waals surface area contributed by atoms with Crippen LogP contribution in [0, 0.1) is 83.2 Å². The summed E-state index contributed by atoms with van der Waals surface area (Å²) in [6.45, 7) is 25.2. The maximum Gasteiger partial charge on any atom is 0.306 e. The number of piperidine rings is 7. The van der Waals surface area contributed by atoms with E-state index in [0.717, 1.165) is 276 Å². The van der Waals surface area contributed by atoms with Crippen LogP contribution in [0.15, 0.2) is 48.5 Å². The van der Waals surface area contributed by atoms with Gasteiger partial charge in [0.25, 0.3) is 21.9 Å². The van der Waals surface area contributed by atoms with Crippen LogP contribution >= 0.6 is 12.3 Å². The number of hydrogen-bond acceptors (Lipinski definition) is 24. The lowest BCUT2D eigenvalue weighted by molar-refractivity contribution is -0.167. The number of carbonyl (C=O) groups is 6. The van der Waals surface area contributed by atoms with Crippen LogP contribution in [-0.2, 0) is 46.9 Å². The van der Waals surface area contributed by atoms with Crippen molar-refractivity contribution in [2.45, 2.75) is 336 Å². The Hall–Kier alpha value is -5.80. The highest BCUT2D eigenvalue weighted by molar-refractivity contribution is 7.89. The minimum absolute atomic E-state index is 0.00382. The number of nitrogens with two attached hydrogens (primary N) is 1. The number of ketones is 1. The van der Waals surface area contributed by atoms with E-state index < -0.39 is 28.0 Å². The quantitative estimate of drug-likeness (QED) is 0.00803. The fourth-order valence-electron chi connectivity index (χ4n) is 24.5. The van der Waals surface area contributed by atoms with Gasteiger partial charge in [-0.2, -0.15) is 13.7 Å². The number of likely N-dealkylation sites (tertiary alicyclic amines) is 7. The number of Topliss-reactive ketones (excluding diaryl/α,β-unsaturated/α-hetero) is 1. The van der Waals surface area contributed by atoms with Gasteiger partial charge >= 0.3 is 17.9 Å². The number of nitriles is 1. The minimum atomic E-state index is -3.38. The number of amides is 2. The highest BCUT2D eigenvalue weighted by Gasteiger charge is 2.46. The molecule has 13 aliphatic rings. The van der Waals surface area contributed by atoms with E-state index in [1.165, 1.54) is 136 Å². The zero-order valence-corrected chi connectivity index (χ0v) is 91.1. The lowest BCUT2D eigenvalue weighted by Crippen LogP contribution is -2.45. The summed E-state index contributed by atoms with van der Waals surface area (Å²) >= 11 is 0.809. The van der Waals surface area contributed by atoms with Gasteiger partial charge in [-0.1, -0.05) is 91.2 Å². The molecule has 7 heterocycles. The minimum Gasteiger partial charge on any atom is -0.481 e. The Kier molecular flexibility index (Phi) is 53.2. The van der Waals surface area contributed by atoms with Crippen molar-refractivity contribution in [2.24, 2.45) is 72.2 Å². The molecule has 7 saturated heterocycles. The van der Waals surface area contributed by atoms with Crippen LogP contribution in [0.5, 0.6) is 0 Å². The predicted octanol–water partition coefficient (Wildman–Crippen LogP) is 18.6. The van der Waals surface area contributed by atoms with E-state index in [9.17, 15) is 37.2 Å². The van der Waals surface area contributed by atoms with Gasteiger partial charge in [-0.3, -0.25) is 42.5 Å². The Morgan fingerprint density at radius 2 is 0.718 bits per heavy atom. The highest BCUT2D eigenvalue weighted by Crippen LogP contribution is 2.54. The van der Waals surface area contributed by atoms with E-state index in [2.05, 4.69) is 95.7 Å². The van der Waals surface area contributed by atoms with Crippen molar-refractivity contribution < 1.29 is 90.5 Å². The van der Waals surface area contributed by atoms with Crippen LogP contribution < -0.4 is 5.73 Å². The zero-order chi connectivity index (χ0) is 104. The summed E-state index contributed by atoms with van der Waals surface area (Å²) in [7, 11) is 8.66. The third-order valence-corrected chi connectivity index (χ3v) is 37.2. The lowest BCUT2D eigenvalue weighted by Gasteiger charge is -2.46. The van der Waals surface area contributed by atoms with E-state index >= 15 is 0 Å². The number of aliphatic hydroxyl groups is 4. The van der Waals surface area contributed by atoms with Crippen molar-refractivity contribution in [1.29, 1.82) is 10.7 Å². The monoisotopic (exact) mass is 2030 g/mol. The van der Waals surface area contributed by atoms with E-state index in [-0.39, 0.29) is 95.5 Å². The van der Waals surface area contributed by atoms with Crippen molar-refractivity contribution in [3.8, 4) is 6.07 Å². The molecule has 6 aliphatic carbocycles. The molecular weight excluding hydrogens is 1840 g/mol. The molecule has 0 unspecified atom stereocenters. The first-order valence-corrected chi connectivity index (χ1v) is 57.0. The maximum absolute atomic E-state index is 12.7. The first-order valence-electron chi connectivity index (χ1n) is 54.5. The number of hydrogen-bond donors (Lipinski definition) is 9. The number of carboxylic acids is 3. The van der Waals surface area contributed by atoms with Gasteiger partial charge < -0.3 is 75.8 Å². The second-order valence-electron chi connectivity index (χ2n) is 46.2. The van der Waals surface area contributed by atoms with Crippen LogP contribution in [0.2, 0.25) is 0 Å². The van der Waals surface area contributed by atoms with E-state index in [1.54, 1.807) is 61.4 Å². The molecule has 0 atom stereocenters. The fraction of sp³-hybridized carbons (Fsp3) is 0.820. The van der Waals surface area contributed by atoms with Crippen LogP contribution in [0.1, 0.15) is 368 Å². The molecule has 0 bridgehead atoms. The number of amidine groups is 1. The van der Waals surface area contributed by atoms with Crippen molar-refractivity contribution >= 4 is 63.8 Å². The Bertz CT molecular complexity index is 4060. The Labute approximate surface area is 859 Å². The largest absolute Gasteiger partial charge is 0.481 e. The average molecular weight is 2030 g/mol. The van der Waals surface area contributed by atoms with Crippen molar-refractivity contribution in [1.82, 2.24) is 34.3 Å². The molecule has 2 amide bonds. The number of aliphatic carboxylic acids is 3. The molecule has 15 rings (SSSR count). The topological polar surface area (TPSA) is 411 Å². The standard InChI is InChI=1S/C19H25N3O3.C19H22N2O3.C13H24.C12H25NO6S2.C12H20O2.2C10H21NO2.C10H21N.C6H11NO/c20-16(21)13-1-3-14(4-2-13)17(23)22-11-9-19(10-12-22)7-5-15(6-8-19)18(24)25;20-13-14-1-3-15(4-2-14)17(22)21-11-9-19(10-12-21)7-5-16(6-8-19)18(23)24;1-12(2)8-10-13(11-9-12)6-4-3-5-7-13;1-13-8-4-12(5-9-13,6-10-17-20-19-16-2)7-11-18-21(3,14)15;13-11(14)10-4-8-12(9-5-10)6-2-1-3-7-12;2*1-11-6-2-10(3-7-11,4-8-12)5-9-13;1-4-10(5-2)6-8-11(3)9-7-10;1-7-4-2-6(8)3-5-7/h1-4,15H,5-12H2,(H3,20,21)(H,24,25);1-4,16H,5-12H2,(H,23,24);3-11H2,1-2H3;4-11H2,1-3H3;10H,1-9H2,(H,13,14);2*12-13H,2-9H2,1H3;4-9H2,1-3H3;2-5H2,1H3. The normalized spacial score (nSPS) is 23.6. The molecule has 810 valence electrons. The molecule has 0 radical (unpaired) electrons. The molecule has 4 spiro atoms. The third-order valence-electron chi connectivity index (χ3n) is 36.2. The van der Waals surface area contributed by atoms with Gasteiger partial charge in [-0.25, -0.2) is 4.89 Å². The van der Waals surface area contributed by atoms with Crippen molar-refractivity contribution in [3.63, 3.8) is 0 Å². The first kappa shape index (κ1) is 123. The number of carboxylic acid groups (broad SMARTS) is 3. The Balaban J connectivity index is 0.000000221. The van der Waals surface area contributed by atoms with E-state index in [0.29, 0.717) is 57.3 Å². The number of rotatable bonds is 26. The Morgan fingerprint density at radius 3 is 1.01 bits per heavy atom. The predicted molar refractivity (Wildman–Crippen MR) is 563 cm³/mol. The number of nitrogen functional groups attached to an aromatic ring is 1. The summed E-state index contributed by atoms with van der Waals surface area (Å²) in [4.78, 5) is 88.6. The van der Waals surface area contributed by atoms with Crippen LogP contribution in [0.4, 0.5) is 0 Å². The summed E-state index contributed by atoms with van der Waals surface area (Å²) in [5.41, 5.74) is 11.5. The number of benzene rings is 2. The van der Waals surface area contributed by atoms with E-state index in [4.69, 9.17) is 60.5 Å². The van der Waals surface area contributed by atoms with Crippen LogP contribution in [0.3, 0.4) is 0 Å². The van der Waals surface area contributed by atoms with E-state index in [1.807, 2.05) is 16.8 Å². The molecule has 6 saturated carbocycles. The Morgan fingerprint density at radius 1 is 0.423 bits per heavy atom. The first-order chi connectivity index (χ1) is 67.6. The van der Waals surface area contributed by atoms with Gasteiger partial charge in [0, 0.05) is 95.2 Å². The lowest BCUT2D eigenvalue weighted by atomic mass is 9.60. The number of carbonyl (C=O) groups excluding carboxylic acids is 3. The number of aliphatic hydroxyl groups excluding tert-OH is 4. The average Bonchev–Trinajstić information content (AvgIpc) is 0.795. The molecule has 7 aliphatic heterocycles. The van der Waals surface area contributed by atoms with Crippen LogP contribution in [-0.4, -0.2) is 300 Å². The van der Waals surface area contributed by atoms with Gasteiger partial charge in [0.2, 0.25) is 0 Å². The molecular formula is C111H190N10O19S2. The molecule has 10 N–H and O–H groups in total. The smallest absolute Gasteiger partial charge is 0.306 e. The summed E-state index contributed by atoms with van der Waals surface area (Å²) in [6, 6.07) is 15.7. The fourth-order valence-corrected chi connectivity index (χ4v) is 25.1. The van der Waals surface area contributed by atoms with Gasteiger partial charge in [-0.15, -0.1) is 4.33 Å². The second-order valence-corrected chi connectivity index (χ2v) is 48.3. The molecule has 142 heavy (non-hydrogen) atoms. The van der Waals surface area contributed by atoms with Crippen molar-refractivity contribution in [3.05, 3.63) is 70.8 Å². The molecule has 29 nitrogen and oxygen atoms in total. The van der Waals surface area contributed by atoms with Gasteiger partial charge in [0.1, 0.15) is 11.6 Å². The molecule has 2 aromatic carbocycles. The van der Waals surface area contributed by atoms with Gasteiger partial charge in [0.15, 0.2) is 12.3 Å². The number of nitrogens with zero attached hydrogens (tertiary/aromatic N) is 8. The summed E-state index contributed by atoms with van der Waals surface area (Å²) in [6.07, 6.45) is 55.0. The van der Waals surface area contributed by atoms with Crippen molar-refractivity contribution in [2.75, 3.05) is 180 Å². The van der Waals surface area contributed by atoms with Gasteiger partial charge in [-0.05, 0) is 417 Å². The number of nitrogens with one attached hydrogen (secondary N) is 1. The SMILES string of the molecule is CC1(C)CCC2(CCCCC2)CC1.CCC1(CC)CCN(C)CC1.CN1CCC(=O)CC1.CN1CCC(CCO)(CCO)CC1.CN1CCC(CCO)(CCO)CC1.COOSOCCC1(CCOS(C)(=O)=O)CCN(C)CC1.N#Cc1ccc(C(=O)N2CCC3(CCC(C(=O)O)CC3)CC2)cc1.N=C(N)c1ccc(C(=O)N2CCC3(CCC(C(=O)O)CC3)CC2)cc1.O=C(O)C1CCC2(CCCCC2)CC1. The highest BCUT2D eigenvalue weighted by atomic mass is 32.2.